The summed E-state index contributed by atoms with van der Waals surface area (Å²) in [4.78, 5) is 27.3. The molecule has 3 aliphatic carbocycles. The van der Waals surface area contributed by atoms with E-state index in [1.54, 1.807) is 11.3 Å². The minimum atomic E-state index is -0.504. The van der Waals surface area contributed by atoms with Crippen molar-refractivity contribution in [2.24, 2.45) is 28.6 Å². The third-order valence-electron chi connectivity index (χ3n) is 9.37. The van der Waals surface area contributed by atoms with E-state index < -0.39 is 5.54 Å². The van der Waals surface area contributed by atoms with Crippen molar-refractivity contribution in [1.29, 1.82) is 0 Å². The lowest BCUT2D eigenvalue weighted by molar-refractivity contribution is -0.128. The van der Waals surface area contributed by atoms with Crippen LogP contribution in [-0.2, 0) is 15.1 Å². The average Bonchev–Trinajstić information content (AvgIpc) is 3.37. The summed E-state index contributed by atoms with van der Waals surface area (Å²) >= 11 is 1.63. The van der Waals surface area contributed by atoms with E-state index in [4.69, 9.17) is 0 Å². The van der Waals surface area contributed by atoms with E-state index in [2.05, 4.69) is 30.6 Å². The molecule has 2 N–H and O–H groups in total. The van der Waals surface area contributed by atoms with Gasteiger partial charge in [-0.3, -0.25) is 9.59 Å². The lowest BCUT2D eigenvalue weighted by Gasteiger charge is -2.58. The van der Waals surface area contributed by atoms with Gasteiger partial charge in [-0.15, -0.1) is 11.3 Å². The van der Waals surface area contributed by atoms with Gasteiger partial charge < -0.3 is 10.6 Å². The molecule has 168 valence electrons. The first-order valence-electron chi connectivity index (χ1n) is 12.0. The predicted molar refractivity (Wildman–Crippen MR) is 125 cm³/mol. The fourth-order valence-electron chi connectivity index (χ4n) is 7.65. The van der Waals surface area contributed by atoms with Crippen LogP contribution in [0.25, 0.3) is 0 Å². The van der Waals surface area contributed by atoms with Gasteiger partial charge >= 0.3 is 0 Å². The second-order valence-electron chi connectivity index (χ2n) is 11.5. The number of carbonyl (C=O) groups excluding carboxylic acids is 2. The lowest BCUT2D eigenvalue weighted by atomic mass is 9.48. The zero-order valence-electron chi connectivity index (χ0n) is 19.3. The van der Waals surface area contributed by atoms with Crippen molar-refractivity contribution in [1.82, 2.24) is 10.6 Å². The van der Waals surface area contributed by atoms with Gasteiger partial charge in [-0.05, 0) is 87.0 Å². The predicted octanol–water partition coefficient (Wildman–Crippen LogP) is 5.16. The van der Waals surface area contributed by atoms with Crippen LogP contribution in [0.15, 0.2) is 29.2 Å². The quantitative estimate of drug-likeness (QED) is 0.638. The summed E-state index contributed by atoms with van der Waals surface area (Å²) in [7, 11) is 0. The van der Waals surface area contributed by atoms with Crippen molar-refractivity contribution in [3.05, 3.63) is 34.0 Å². The normalized spacial score (nSPS) is 39.6. The van der Waals surface area contributed by atoms with Crippen molar-refractivity contribution >= 4 is 23.2 Å². The molecular weight excluding hydrogens is 404 g/mol. The monoisotopic (exact) mass is 440 g/mol. The summed E-state index contributed by atoms with van der Waals surface area (Å²) in [5.41, 5.74) is 0.177. The van der Waals surface area contributed by atoms with Crippen LogP contribution in [-0.4, -0.2) is 17.9 Å². The van der Waals surface area contributed by atoms with Crippen molar-refractivity contribution in [3.8, 4) is 0 Å². The third-order valence-corrected chi connectivity index (χ3v) is 10.6. The van der Waals surface area contributed by atoms with Gasteiger partial charge in [0.1, 0.15) is 5.57 Å². The molecule has 0 spiro atoms. The fraction of sp³-hybridized carbons (Fsp3) is 0.692. The van der Waals surface area contributed by atoms with E-state index in [9.17, 15) is 9.59 Å². The molecule has 2 heterocycles. The molecule has 6 atom stereocenters. The molecule has 0 bridgehead atoms. The second kappa shape index (κ2) is 7.19. The molecule has 3 saturated carbocycles. The SMILES string of the molecule is CC(C)(NC(=O)C1=C[C@@]2(C)C(CC[C@@H]3[C@H]2CC[C@]2(C)CCC[C@@H]32)NC1=O)c1cccs1. The minimum absolute atomic E-state index is 0.138. The van der Waals surface area contributed by atoms with Gasteiger partial charge in [0, 0.05) is 16.3 Å². The molecule has 1 aromatic heterocycles. The maximum atomic E-state index is 13.3. The number of rotatable bonds is 3. The first-order chi connectivity index (χ1) is 14.6. The van der Waals surface area contributed by atoms with Gasteiger partial charge in [-0.1, -0.05) is 32.4 Å². The highest BCUT2D eigenvalue weighted by Gasteiger charge is 2.58. The molecule has 1 aliphatic heterocycles. The zero-order chi connectivity index (χ0) is 22.0. The lowest BCUT2D eigenvalue weighted by Crippen LogP contribution is -2.61. The first-order valence-corrected chi connectivity index (χ1v) is 12.9. The number of amides is 2. The fourth-order valence-corrected chi connectivity index (χ4v) is 8.45. The van der Waals surface area contributed by atoms with Gasteiger partial charge in [0.25, 0.3) is 11.8 Å². The smallest absolute Gasteiger partial charge is 0.257 e. The molecular formula is C26H36N2O2S. The summed E-state index contributed by atoms with van der Waals surface area (Å²) in [6.07, 6.45) is 10.9. The minimum Gasteiger partial charge on any atom is -0.348 e. The van der Waals surface area contributed by atoms with E-state index in [1.807, 2.05) is 31.4 Å². The molecule has 4 nitrogen and oxygen atoms in total. The van der Waals surface area contributed by atoms with Gasteiger partial charge in [-0.2, -0.15) is 0 Å². The van der Waals surface area contributed by atoms with E-state index in [0.717, 1.165) is 23.1 Å². The number of hydrogen-bond acceptors (Lipinski definition) is 3. The maximum absolute atomic E-state index is 13.3. The summed E-state index contributed by atoms with van der Waals surface area (Å²) in [5, 5.41) is 8.39. The van der Waals surface area contributed by atoms with Crippen LogP contribution in [0.3, 0.4) is 0 Å². The average molecular weight is 441 g/mol. The highest BCUT2D eigenvalue weighted by Crippen LogP contribution is 2.63. The summed E-state index contributed by atoms with van der Waals surface area (Å²) < 4.78 is 0. The summed E-state index contributed by atoms with van der Waals surface area (Å²) in [6.45, 7) is 8.82. The maximum Gasteiger partial charge on any atom is 0.257 e. The van der Waals surface area contributed by atoms with Crippen LogP contribution in [0.5, 0.6) is 0 Å². The van der Waals surface area contributed by atoms with Gasteiger partial charge in [0.2, 0.25) is 0 Å². The molecule has 0 radical (unpaired) electrons. The highest BCUT2D eigenvalue weighted by atomic mass is 32.1. The molecule has 1 aromatic rings. The molecule has 1 unspecified atom stereocenters. The Balaban J connectivity index is 1.44. The molecule has 3 fully saturated rings. The van der Waals surface area contributed by atoms with Gasteiger partial charge in [0.05, 0.1) is 5.54 Å². The Bertz CT molecular complexity index is 920. The van der Waals surface area contributed by atoms with Crippen molar-refractivity contribution < 1.29 is 9.59 Å². The molecule has 0 aromatic carbocycles. The number of hydrogen-bond donors (Lipinski definition) is 2. The van der Waals surface area contributed by atoms with Crippen molar-refractivity contribution in [3.63, 3.8) is 0 Å². The Hall–Kier alpha value is -1.62. The molecule has 5 rings (SSSR count). The molecule has 5 heteroatoms. The number of nitrogens with one attached hydrogen (secondary N) is 2. The van der Waals surface area contributed by atoms with Crippen LogP contribution in [0.1, 0.15) is 77.5 Å². The van der Waals surface area contributed by atoms with Crippen LogP contribution >= 0.6 is 11.3 Å². The largest absolute Gasteiger partial charge is 0.348 e. The first kappa shape index (κ1) is 21.2. The zero-order valence-corrected chi connectivity index (χ0v) is 20.1. The van der Waals surface area contributed by atoms with Gasteiger partial charge in [0.15, 0.2) is 0 Å². The highest BCUT2D eigenvalue weighted by molar-refractivity contribution is 7.10. The summed E-state index contributed by atoms with van der Waals surface area (Å²) in [6, 6.07) is 4.17. The number of carbonyl (C=O) groups is 2. The Morgan fingerprint density at radius 2 is 1.97 bits per heavy atom. The molecule has 4 aliphatic rings. The van der Waals surface area contributed by atoms with E-state index >= 15 is 0 Å². The van der Waals surface area contributed by atoms with E-state index in [0.29, 0.717) is 16.9 Å². The Morgan fingerprint density at radius 3 is 2.71 bits per heavy atom. The summed E-state index contributed by atoms with van der Waals surface area (Å²) in [5.74, 6) is 1.63. The topological polar surface area (TPSA) is 58.2 Å². The second-order valence-corrected chi connectivity index (χ2v) is 12.5. The van der Waals surface area contributed by atoms with Crippen LogP contribution in [0.4, 0.5) is 0 Å². The van der Waals surface area contributed by atoms with Crippen LogP contribution in [0.2, 0.25) is 0 Å². The Morgan fingerprint density at radius 1 is 1.16 bits per heavy atom. The molecule has 2 amide bonds. The van der Waals surface area contributed by atoms with Crippen LogP contribution < -0.4 is 10.6 Å². The van der Waals surface area contributed by atoms with Crippen molar-refractivity contribution in [2.75, 3.05) is 0 Å². The molecule has 31 heavy (non-hydrogen) atoms. The van der Waals surface area contributed by atoms with Gasteiger partial charge in [-0.25, -0.2) is 0 Å². The standard InChI is InChI=1S/C26H36N2O2S/c1-24(2,21-8-6-14-31-21)28-23(30)17-15-26(4)19-11-13-25(3)12-5-7-18(25)16(19)9-10-20(26)27-22(17)29/h6,8,14-16,18-20H,5,7,9-13H2,1-4H3,(H,27,29)(H,28,30)/t16-,18-,19+,20?,25-,26+/m0/s1. The Kier molecular flexibility index (Phi) is 4.93. The third kappa shape index (κ3) is 3.30. The molecule has 0 saturated heterocycles. The van der Waals surface area contributed by atoms with Crippen molar-refractivity contribution in [2.45, 2.75) is 84.2 Å². The van der Waals surface area contributed by atoms with E-state index in [-0.39, 0.29) is 23.3 Å². The van der Waals surface area contributed by atoms with E-state index in [1.165, 1.54) is 38.5 Å². The number of fused-ring (bicyclic) bond motifs is 5. The number of thiophene rings is 1. The van der Waals surface area contributed by atoms with Crippen LogP contribution in [0, 0.1) is 28.6 Å². The Labute approximate surface area is 190 Å².